The Kier molecular flexibility index (Phi) is 5.65. The maximum atomic E-state index is 11.0. The highest BCUT2D eigenvalue weighted by Crippen LogP contribution is 2.47. The molecule has 1 atom stereocenters. The van der Waals surface area contributed by atoms with E-state index in [1.807, 2.05) is 12.1 Å². The quantitative estimate of drug-likeness (QED) is 0.618. The second-order valence-electron chi connectivity index (χ2n) is 4.04. The normalized spacial score (nSPS) is 13.7. The third-order valence-electron chi connectivity index (χ3n) is 2.39. The molecule has 1 N–H and O–H groups in total. The zero-order valence-electron chi connectivity index (χ0n) is 11.0. The summed E-state index contributed by atoms with van der Waals surface area (Å²) < 4.78 is 26.8. The zero-order chi connectivity index (χ0) is 15.1. The van der Waals surface area contributed by atoms with Crippen molar-refractivity contribution in [1.29, 1.82) is 0 Å². The molecule has 0 spiro atoms. The van der Waals surface area contributed by atoms with Crippen LogP contribution in [0.3, 0.4) is 0 Å². The molecule has 2 rings (SSSR count). The second-order valence-corrected chi connectivity index (χ2v) is 6.48. The minimum atomic E-state index is -4.12. The van der Waals surface area contributed by atoms with Crippen LogP contribution in [-0.4, -0.2) is 17.8 Å². The van der Waals surface area contributed by atoms with Crippen molar-refractivity contribution >= 4 is 18.2 Å². The molecule has 0 fully saturated rings. The van der Waals surface area contributed by atoms with E-state index >= 15 is 0 Å². The van der Waals surface area contributed by atoms with Gasteiger partial charge >= 0.3 is 6.95 Å². The van der Waals surface area contributed by atoms with Crippen LogP contribution in [0.4, 0.5) is 0 Å². The van der Waals surface area contributed by atoms with Crippen molar-refractivity contribution in [2.45, 2.75) is 6.29 Å². The average molecular weight is 329 g/mol. The molecule has 0 radical (unpaired) electrons. The summed E-state index contributed by atoms with van der Waals surface area (Å²) >= 11 is 5.16. The molecule has 1 unspecified atom stereocenters. The van der Waals surface area contributed by atoms with Crippen LogP contribution in [0, 0.1) is 0 Å². The van der Waals surface area contributed by atoms with E-state index in [4.69, 9.17) is 25.6 Å². The highest BCUT2D eigenvalue weighted by atomic mass is 35.7. The summed E-state index contributed by atoms with van der Waals surface area (Å²) in [6.45, 7) is -4.41. The number of benzene rings is 2. The minimum Gasteiger partial charge on any atom is -0.452 e. The van der Waals surface area contributed by atoms with E-state index in [1.54, 1.807) is 48.5 Å². The minimum absolute atomic E-state index is 0.291. The SMILES string of the molecule is O=P(O)(Cl)OCC(Oc1ccccc1)Oc1ccccc1. The molecule has 0 saturated carbocycles. The molecular formula is C14H14ClO5P. The van der Waals surface area contributed by atoms with Gasteiger partial charge in [0.25, 0.3) is 6.29 Å². The van der Waals surface area contributed by atoms with Gasteiger partial charge in [0.1, 0.15) is 18.1 Å². The summed E-state index contributed by atoms with van der Waals surface area (Å²) in [5.74, 6) is 1.09. The van der Waals surface area contributed by atoms with Gasteiger partial charge in [0.05, 0.1) is 0 Å². The number of para-hydroxylation sites is 2. The van der Waals surface area contributed by atoms with Gasteiger partial charge in [-0.1, -0.05) is 36.4 Å². The van der Waals surface area contributed by atoms with E-state index in [0.717, 1.165) is 0 Å². The van der Waals surface area contributed by atoms with Crippen molar-refractivity contribution < 1.29 is 23.5 Å². The molecule has 5 nitrogen and oxygen atoms in total. The smallest absolute Gasteiger partial charge is 0.421 e. The third kappa shape index (κ3) is 6.19. The molecule has 112 valence electrons. The van der Waals surface area contributed by atoms with Crippen LogP contribution < -0.4 is 9.47 Å². The van der Waals surface area contributed by atoms with Crippen molar-refractivity contribution in [2.24, 2.45) is 0 Å². The Morgan fingerprint density at radius 1 is 0.952 bits per heavy atom. The van der Waals surface area contributed by atoms with E-state index in [9.17, 15) is 4.57 Å². The van der Waals surface area contributed by atoms with Crippen LogP contribution in [0.2, 0.25) is 0 Å². The lowest BCUT2D eigenvalue weighted by Crippen LogP contribution is -2.29. The summed E-state index contributed by atoms with van der Waals surface area (Å²) in [6.07, 6.45) is -0.908. The van der Waals surface area contributed by atoms with Gasteiger partial charge in [-0.25, -0.2) is 4.57 Å². The maximum Gasteiger partial charge on any atom is 0.421 e. The second kappa shape index (κ2) is 7.48. The topological polar surface area (TPSA) is 65.0 Å². The number of hydrogen-bond donors (Lipinski definition) is 1. The van der Waals surface area contributed by atoms with E-state index < -0.39 is 13.2 Å². The maximum absolute atomic E-state index is 11.0. The standard InChI is InChI=1S/C14H14ClO5P/c15-21(16,17)18-11-14(19-12-7-3-1-4-8-12)20-13-9-5-2-6-10-13/h1-10,14H,11H2,(H,16,17). The van der Waals surface area contributed by atoms with Gasteiger partial charge in [-0.05, 0) is 24.3 Å². The van der Waals surface area contributed by atoms with Crippen LogP contribution in [0.25, 0.3) is 0 Å². The molecule has 2 aromatic rings. The monoisotopic (exact) mass is 328 g/mol. The molecule has 0 aromatic heterocycles. The number of rotatable bonds is 7. The molecule has 0 aliphatic rings. The highest BCUT2D eigenvalue weighted by Gasteiger charge is 2.20. The number of ether oxygens (including phenoxy) is 2. The molecule has 2 aromatic carbocycles. The fourth-order valence-corrected chi connectivity index (χ4v) is 2.02. The van der Waals surface area contributed by atoms with Crippen LogP contribution in [0.1, 0.15) is 0 Å². The molecule has 0 amide bonds. The Bertz CT molecular complexity index is 545. The van der Waals surface area contributed by atoms with E-state index in [1.165, 1.54) is 0 Å². The van der Waals surface area contributed by atoms with E-state index in [0.29, 0.717) is 11.5 Å². The number of halogens is 1. The third-order valence-corrected chi connectivity index (χ3v) is 3.15. The van der Waals surface area contributed by atoms with Crippen LogP contribution in [0.15, 0.2) is 60.7 Å². The van der Waals surface area contributed by atoms with Gasteiger partial charge in [-0.2, -0.15) is 0 Å². The van der Waals surface area contributed by atoms with Gasteiger partial charge in [0.2, 0.25) is 0 Å². The lowest BCUT2D eigenvalue weighted by Gasteiger charge is -2.20. The van der Waals surface area contributed by atoms with E-state index in [2.05, 4.69) is 4.52 Å². The molecule has 0 aliphatic heterocycles. The number of hydrogen-bond acceptors (Lipinski definition) is 4. The van der Waals surface area contributed by atoms with Crippen molar-refractivity contribution in [3.63, 3.8) is 0 Å². The van der Waals surface area contributed by atoms with Gasteiger partial charge in [0, 0.05) is 11.2 Å². The van der Waals surface area contributed by atoms with Gasteiger partial charge < -0.3 is 14.4 Å². The summed E-state index contributed by atoms with van der Waals surface area (Å²) in [6, 6.07) is 17.8. The lowest BCUT2D eigenvalue weighted by molar-refractivity contribution is -0.0289. The first-order valence-corrected chi connectivity index (χ1v) is 8.61. The van der Waals surface area contributed by atoms with Crippen molar-refractivity contribution in [3.8, 4) is 11.5 Å². The Morgan fingerprint density at radius 2 is 1.38 bits per heavy atom. The zero-order valence-corrected chi connectivity index (χ0v) is 12.6. The van der Waals surface area contributed by atoms with E-state index in [-0.39, 0.29) is 6.61 Å². The summed E-state index contributed by atoms with van der Waals surface area (Å²) in [7, 11) is 0. The largest absolute Gasteiger partial charge is 0.452 e. The Labute approximate surface area is 127 Å². The molecule has 0 heterocycles. The van der Waals surface area contributed by atoms with Crippen LogP contribution >= 0.6 is 18.2 Å². The molecular weight excluding hydrogens is 315 g/mol. The van der Waals surface area contributed by atoms with Crippen LogP contribution in [-0.2, 0) is 9.09 Å². The van der Waals surface area contributed by atoms with Gasteiger partial charge in [-0.3, -0.25) is 4.52 Å². The fraction of sp³-hybridized carbons (Fsp3) is 0.143. The molecule has 7 heteroatoms. The Morgan fingerprint density at radius 3 is 1.76 bits per heavy atom. The van der Waals surface area contributed by atoms with Crippen molar-refractivity contribution in [1.82, 2.24) is 0 Å². The first-order chi connectivity index (χ1) is 10.0. The Hall–Kier alpha value is -1.52. The predicted molar refractivity (Wildman–Crippen MR) is 79.6 cm³/mol. The van der Waals surface area contributed by atoms with Crippen molar-refractivity contribution in [3.05, 3.63) is 60.7 Å². The molecule has 0 aliphatic carbocycles. The highest BCUT2D eigenvalue weighted by molar-refractivity contribution is 7.80. The summed E-state index contributed by atoms with van der Waals surface area (Å²) in [5.41, 5.74) is 0. The molecule has 0 saturated heterocycles. The average Bonchev–Trinajstić information content (AvgIpc) is 2.46. The predicted octanol–water partition coefficient (Wildman–Crippen LogP) is 3.83. The summed E-state index contributed by atoms with van der Waals surface area (Å²) in [5, 5.41) is 0. The summed E-state index contributed by atoms with van der Waals surface area (Å²) in [4.78, 5) is 8.99. The van der Waals surface area contributed by atoms with Gasteiger partial charge in [-0.15, -0.1) is 0 Å². The Balaban J connectivity index is 2.04. The first-order valence-electron chi connectivity index (χ1n) is 6.13. The lowest BCUT2D eigenvalue weighted by atomic mass is 10.3. The van der Waals surface area contributed by atoms with Gasteiger partial charge in [0.15, 0.2) is 0 Å². The van der Waals surface area contributed by atoms with Crippen molar-refractivity contribution in [2.75, 3.05) is 6.61 Å². The fourth-order valence-electron chi connectivity index (χ4n) is 1.55. The molecule has 21 heavy (non-hydrogen) atoms. The molecule has 0 bridgehead atoms. The van der Waals surface area contributed by atoms with Crippen LogP contribution in [0.5, 0.6) is 11.5 Å². The first kappa shape index (κ1) is 15.9.